The number of hydrogen-bond acceptors (Lipinski definition) is 4. The Hall–Kier alpha value is -3.70. The van der Waals surface area contributed by atoms with Gasteiger partial charge in [0.05, 0.1) is 0 Å². The predicted octanol–water partition coefficient (Wildman–Crippen LogP) is 16.1. The van der Waals surface area contributed by atoms with Crippen LogP contribution in [-0.4, -0.2) is 23.1 Å². The van der Waals surface area contributed by atoms with Crippen molar-refractivity contribution in [3.63, 3.8) is 0 Å². The summed E-state index contributed by atoms with van der Waals surface area (Å²) < 4.78 is 0.996. The zero-order valence-electron chi connectivity index (χ0n) is 42.8. The van der Waals surface area contributed by atoms with Crippen LogP contribution in [0.3, 0.4) is 0 Å². The summed E-state index contributed by atoms with van der Waals surface area (Å²) in [5.41, 5.74) is 10.9. The number of ketones is 4. The molecule has 0 N–H and O–H groups in total. The van der Waals surface area contributed by atoms with Crippen LogP contribution in [0.5, 0.6) is 0 Å². The molecule has 0 fully saturated rings. The van der Waals surface area contributed by atoms with Gasteiger partial charge < -0.3 is 0 Å². The highest BCUT2D eigenvalue weighted by atomic mass is 79.9. The highest BCUT2D eigenvalue weighted by Crippen LogP contribution is 2.42. The van der Waals surface area contributed by atoms with E-state index in [4.69, 9.17) is 0 Å². The summed E-state index contributed by atoms with van der Waals surface area (Å²) in [5, 5.41) is 1.79. The maximum absolute atomic E-state index is 13.2. The first-order chi connectivity index (χ1) is 28.6. The Balaban J connectivity index is 0.000000290. The summed E-state index contributed by atoms with van der Waals surface area (Å²) in [6, 6.07) is 19.5. The van der Waals surface area contributed by atoms with Gasteiger partial charge in [0, 0.05) is 46.7 Å². The number of halogens is 1. The maximum atomic E-state index is 13.2. The van der Waals surface area contributed by atoms with Crippen LogP contribution < -0.4 is 0 Å². The van der Waals surface area contributed by atoms with Crippen molar-refractivity contribution in [3.05, 3.63) is 115 Å². The Kier molecular flexibility index (Phi) is 17.6. The molecule has 344 valence electrons. The first-order valence-electron chi connectivity index (χ1n) is 23.3. The molecule has 0 unspecified atom stereocenters. The minimum atomic E-state index is -0.363. The fourth-order valence-corrected chi connectivity index (χ4v) is 8.82. The minimum Gasteiger partial charge on any atom is -0.300 e. The molecule has 0 spiro atoms. The second kappa shape index (κ2) is 20.6. The van der Waals surface area contributed by atoms with Gasteiger partial charge in [0.15, 0.2) is 0 Å². The van der Waals surface area contributed by atoms with E-state index in [1.54, 1.807) is 0 Å². The molecule has 0 saturated carbocycles. The number of Topliss-reactive ketones (excluding diaryl/α,β-unsaturated/α-hetero) is 4. The number of benzene rings is 4. The molecule has 0 aliphatic heterocycles. The summed E-state index contributed by atoms with van der Waals surface area (Å²) in [4.78, 5) is 49.1. The largest absolute Gasteiger partial charge is 0.300 e. The van der Waals surface area contributed by atoms with E-state index in [1.807, 2.05) is 32.0 Å². The van der Waals surface area contributed by atoms with Gasteiger partial charge in [-0.2, -0.15) is 0 Å². The van der Waals surface area contributed by atoms with E-state index in [0.29, 0.717) is 41.6 Å². The van der Waals surface area contributed by atoms with Crippen LogP contribution in [0, 0.1) is 11.8 Å². The van der Waals surface area contributed by atoms with Crippen LogP contribution in [0.4, 0.5) is 0 Å². The smallest absolute Gasteiger partial charge is 0.234 e. The second-order valence-electron chi connectivity index (χ2n) is 23.7. The second-order valence-corrected chi connectivity index (χ2v) is 24.5. The van der Waals surface area contributed by atoms with E-state index in [-0.39, 0.29) is 50.8 Å². The average molecular weight is 922 g/mol. The van der Waals surface area contributed by atoms with Gasteiger partial charge in [-0.25, -0.2) is 0 Å². The summed E-state index contributed by atoms with van der Waals surface area (Å²) in [6.07, 6.45) is 2.46. The fourth-order valence-electron chi connectivity index (χ4n) is 7.92. The Morgan fingerprint density at radius 2 is 0.857 bits per heavy atom. The van der Waals surface area contributed by atoms with Crippen LogP contribution in [0.15, 0.2) is 59.1 Å². The SMILES string of the molecule is CC(C)(C)c1cc(CC(=O)Cc2cc(C(C)(C)C)cc(C(C)(C)C)c2)cc(C(C)(C)C)c1.CC(C)CC(=O)CC(C)C.CC(C)c1cc2c3c(c(C(C)C)ccc3c1Br)C(=O)C2=O. The molecular weight excluding hydrogens is 841 g/mol. The van der Waals surface area contributed by atoms with Gasteiger partial charge in [0.25, 0.3) is 0 Å². The Morgan fingerprint density at radius 3 is 1.17 bits per heavy atom. The number of carbonyl (C=O) groups excluding carboxylic acids is 4. The summed E-state index contributed by atoms with van der Waals surface area (Å²) in [6.45, 7) is 43.5. The van der Waals surface area contributed by atoms with Crippen molar-refractivity contribution >= 4 is 49.8 Å². The Bertz CT molecular complexity index is 2150. The first-order valence-corrected chi connectivity index (χ1v) is 24.1. The van der Waals surface area contributed by atoms with Gasteiger partial charge in [-0.3, -0.25) is 19.2 Å². The predicted molar refractivity (Wildman–Crippen MR) is 273 cm³/mol. The number of hydrogen-bond donors (Lipinski definition) is 0. The van der Waals surface area contributed by atoms with Crippen LogP contribution in [0.25, 0.3) is 10.8 Å². The Labute approximate surface area is 391 Å². The fraction of sp³-hybridized carbons (Fsp3) is 0.552. The molecule has 4 aromatic rings. The molecule has 1 aliphatic carbocycles. The molecular formula is C58H81BrO4. The molecule has 5 heteroatoms. The van der Waals surface area contributed by atoms with Gasteiger partial charge in [0.1, 0.15) is 11.6 Å². The highest BCUT2D eigenvalue weighted by molar-refractivity contribution is 9.10. The van der Waals surface area contributed by atoms with E-state index in [1.165, 1.54) is 22.3 Å². The third kappa shape index (κ3) is 14.4. The lowest BCUT2D eigenvalue weighted by Crippen LogP contribution is -2.19. The van der Waals surface area contributed by atoms with Gasteiger partial charge >= 0.3 is 0 Å². The normalized spacial score (nSPS) is 13.2. The zero-order chi connectivity index (χ0) is 48.3. The van der Waals surface area contributed by atoms with Crippen LogP contribution in [0.2, 0.25) is 0 Å². The average Bonchev–Trinajstić information content (AvgIpc) is 3.36. The van der Waals surface area contributed by atoms with Gasteiger partial charge in [-0.1, -0.05) is 187 Å². The first kappa shape index (κ1) is 53.6. The molecule has 0 radical (unpaired) electrons. The maximum Gasteiger partial charge on any atom is 0.234 e. The molecule has 1 aliphatic rings. The lowest BCUT2D eigenvalue weighted by atomic mass is 9.78. The molecule has 0 bridgehead atoms. The van der Waals surface area contributed by atoms with Crippen molar-refractivity contribution in [1.82, 2.24) is 0 Å². The standard InChI is InChI=1S/C31H46O.C18H17BrO2.C9H18O/c1-28(2,3)23-13-21(14-24(19-23)29(4,5)6)17-27(32)18-22-15-25(30(7,8)9)20-26(16-22)31(10,11)12;1-8(2)10-5-6-11-14-13(17(20)18(21)15(10)14)7-12(9(3)4)16(11)19;1-7(2)5-9(10)6-8(3)4/h13-16,19-20H,17-18H2,1-12H3;5-9H,1-4H3;7-8H,5-6H2,1-4H3. The molecule has 0 aromatic heterocycles. The van der Waals surface area contributed by atoms with Crippen molar-refractivity contribution < 1.29 is 19.2 Å². The monoisotopic (exact) mass is 921 g/mol. The van der Waals surface area contributed by atoms with Gasteiger partial charge in [-0.05, 0) is 117 Å². The zero-order valence-corrected chi connectivity index (χ0v) is 44.4. The molecule has 0 heterocycles. The summed E-state index contributed by atoms with van der Waals surface area (Å²) in [7, 11) is 0. The lowest BCUT2D eigenvalue weighted by Gasteiger charge is -2.26. The molecule has 0 atom stereocenters. The van der Waals surface area contributed by atoms with Gasteiger partial charge in [-0.15, -0.1) is 0 Å². The number of rotatable bonds is 10. The highest BCUT2D eigenvalue weighted by Gasteiger charge is 2.35. The van der Waals surface area contributed by atoms with Crippen molar-refractivity contribution in [3.8, 4) is 0 Å². The third-order valence-corrected chi connectivity index (χ3v) is 12.6. The van der Waals surface area contributed by atoms with Crippen molar-refractivity contribution in [1.29, 1.82) is 0 Å². The molecule has 0 amide bonds. The van der Waals surface area contributed by atoms with Crippen LogP contribution >= 0.6 is 15.9 Å². The van der Waals surface area contributed by atoms with Crippen LogP contribution in [0.1, 0.15) is 228 Å². The van der Waals surface area contributed by atoms with Gasteiger partial charge in [0.2, 0.25) is 11.6 Å². The van der Waals surface area contributed by atoms with Crippen LogP contribution in [-0.2, 0) is 44.1 Å². The van der Waals surface area contributed by atoms with E-state index in [0.717, 1.165) is 50.3 Å². The summed E-state index contributed by atoms with van der Waals surface area (Å²) >= 11 is 3.66. The van der Waals surface area contributed by atoms with Crippen molar-refractivity contribution in [2.75, 3.05) is 0 Å². The molecule has 4 nitrogen and oxygen atoms in total. The molecule has 5 rings (SSSR count). The lowest BCUT2D eigenvalue weighted by molar-refractivity contribution is -0.120. The molecule has 63 heavy (non-hydrogen) atoms. The quantitative estimate of drug-likeness (QED) is 0.149. The topological polar surface area (TPSA) is 68.3 Å². The van der Waals surface area contributed by atoms with E-state index in [2.05, 4.69) is 177 Å². The van der Waals surface area contributed by atoms with E-state index < -0.39 is 0 Å². The molecule has 0 saturated heterocycles. The molecule has 4 aromatic carbocycles. The minimum absolute atomic E-state index is 0.0572. The van der Waals surface area contributed by atoms with E-state index >= 15 is 0 Å². The summed E-state index contributed by atoms with van der Waals surface area (Å²) in [5.74, 6) is 1.52. The third-order valence-electron chi connectivity index (χ3n) is 11.7. The van der Waals surface area contributed by atoms with E-state index in [9.17, 15) is 19.2 Å². The number of carbonyl (C=O) groups is 4. The Morgan fingerprint density at radius 1 is 0.492 bits per heavy atom. The van der Waals surface area contributed by atoms with Crippen molar-refractivity contribution in [2.45, 2.75) is 198 Å². The van der Waals surface area contributed by atoms with Crippen molar-refractivity contribution in [2.24, 2.45) is 11.8 Å².